The number of fused-ring (bicyclic) bond motifs is 3. The van der Waals surface area contributed by atoms with Crippen molar-refractivity contribution in [3.8, 4) is 5.75 Å². The highest BCUT2D eigenvalue weighted by Gasteiger charge is 2.51. The number of rotatable bonds is 13. The van der Waals surface area contributed by atoms with Crippen LogP contribution in [0.25, 0.3) is 0 Å². The van der Waals surface area contributed by atoms with E-state index in [4.69, 9.17) is 18.9 Å². The molecule has 16 atom stereocenters. The summed E-state index contributed by atoms with van der Waals surface area (Å²) >= 11 is 0. The van der Waals surface area contributed by atoms with Gasteiger partial charge in [0.05, 0.1) is 30.3 Å². The molecular formula is C61H91N5O12. The average molecular weight is 1090 g/mol. The molecule has 1 spiro atoms. The number of hydrogen-bond acceptors (Lipinski definition) is 13. The van der Waals surface area contributed by atoms with Gasteiger partial charge in [-0.3, -0.25) is 29.0 Å². The van der Waals surface area contributed by atoms with Gasteiger partial charge < -0.3 is 50.2 Å². The second-order valence-corrected chi connectivity index (χ2v) is 23.4. The van der Waals surface area contributed by atoms with Crippen LogP contribution in [0.2, 0.25) is 0 Å². The van der Waals surface area contributed by atoms with E-state index >= 15 is 0 Å². The van der Waals surface area contributed by atoms with Gasteiger partial charge >= 0.3 is 5.97 Å². The number of carbonyl (C=O) groups is 5. The maximum atomic E-state index is 14.6. The lowest BCUT2D eigenvalue weighted by Crippen LogP contribution is -2.64. The largest absolute Gasteiger partial charge is 0.508 e. The van der Waals surface area contributed by atoms with Crippen molar-refractivity contribution in [3.63, 3.8) is 0 Å². The first-order chi connectivity index (χ1) is 37.0. The molecule has 0 aromatic heterocycles. The zero-order valence-corrected chi connectivity index (χ0v) is 48.0. The molecule has 6 rings (SSSR count). The zero-order chi connectivity index (χ0) is 57.1. The van der Waals surface area contributed by atoms with Crippen molar-refractivity contribution in [1.82, 2.24) is 26.4 Å². The predicted molar refractivity (Wildman–Crippen MR) is 297 cm³/mol. The number of phenols is 1. The Balaban J connectivity index is 1.20. The van der Waals surface area contributed by atoms with Gasteiger partial charge in [-0.2, -0.15) is 0 Å². The molecule has 3 saturated heterocycles. The number of aromatic hydroxyl groups is 1. The van der Waals surface area contributed by atoms with Gasteiger partial charge in [-0.1, -0.05) is 109 Å². The highest BCUT2D eigenvalue weighted by molar-refractivity contribution is 5.93. The molecule has 0 radical (unpaired) electrons. The molecule has 17 nitrogen and oxygen atoms in total. The van der Waals surface area contributed by atoms with Crippen molar-refractivity contribution >= 4 is 29.6 Å². The number of aliphatic hydroxyl groups is 2. The van der Waals surface area contributed by atoms with E-state index in [0.29, 0.717) is 50.5 Å². The number of cyclic esters (lactones) is 1. The number of nitrogens with zero attached hydrogens (tertiary/aromatic N) is 1. The Labute approximate surface area is 463 Å². The molecule has 17 heteroatoms. The molecule has 4 amide bonds. The number of carbonyl (C=O) groups excluding carboxylic acids is 5. The van der Waals surface area contributed by atoms with Gasteiger partial charge in [0.1, 0.15) is 30.0 Å². The summed E-state index contributed by atoms with van der Waals surface area (Å²) in [5.41, 5.74) is 4.58. The van der Waals surface area contributed by atoms with Crippen LogP contribution in [0.4, 0.5) is 0 Å². The number of hydrogen-bond donors (Lipinski definition) is 7. The molecule has 1 aromatic carbocycles. The monoisotopic (exact) mass is 1090 g/mol. The molecule has 2 bridgehead atoms. The Morgan fingerprint density at radius 3 is 2.47 bits per heavy atom. The fraction of sp³-hybridized carbons (Fsp3) is 0.656. The lowest BCUT2D eigenvalue weighted by molar-refractivity contribution is -0.280. The van der Waals surface area contributed by atoms with Crippen molar-refractivity contribution in [1.29, 1.82) is 0 Å². The summed E-state index contributed by atoms with van der Waals surface area (Å²) in [6, 6.07) is 3.30. The quantitative estimate of drug-likeness (QED) is 0.0591. The third kappa shape index (κ3) is 15.6. The van der Waals surface area contributed by atoms with E-state index < -0.39 is 95.5 Å². The van der Waals surface area contributed by atoms with Crippen molar-refractivity contribution in [2.45, 2.75) is 200 Å². The number of allylic oxidation sites excluding steroid dienone is 5. The molecule has 5 aliphatic heterocycles. The van der Waals surface area contributed by atoms with Crippen molar-refractivity contribution < 1.29 is 58.2 Å². The number of amides is 4. The molecule has 0 saturated carbocycles. The second-order valence-electron chi connectivity index (χ2n) is 23.4. The van der Waals surface area contributed by atoms with Gasteiger partial charge in [0.15, 0.2) is 11.5 Å². The summed E-state index contributed by atoms with van der Waals surface area (Å²) in [5.74, 6) is -4.79. The molecule has 3 fully saturated rings. The minimum absolute atomic E-state index is 0.00123. The minimum Gasteiger partial charge on any atom is -0.508 e. The van der Waals surface area contributed by atoms with Crippen LogP contribution in [-0.2, 0) is 49.3 Å². The second kappa shape index (κ2) is 27.8. The smallest absolute Gasteiger partial charge is 0.325 e. The van der Waals surface area contributed by atoms with Gasteiger partial charge in [-0.05, 0) is 106 Å². The Bertz CT molecular complexity index is 2400. The first kappa shape index (κ1) is 62.0. The van der Waals surface area contributed by atoms with Gasteiger partial charge in [0.2, 0.25) is 17.7 Å². The number of piperidine rings is 1. The van der Waals surface area contributed by atoms with Crippen LogP contribution in [0.5, 0.6) is 5.75 Å². The maximum absolute atomic E-state index is 14.6. The number of phenolic OH excluding ortho intramolecular Hbond substituents is 1. The number of aliphatic hydroxyl groups excluding tert-OH is 2. The first-order valence-electron chi connectivity index (χ1n) is 28.6. The molecule has 78 heavy (non-hydrogen) atoms. The van der Waals surface area contributed by atoms with E-state index in [-0.39, 0.29) is 60.8 Å². The van der Waals surface area contributed by atoms with Crippen LogP contribution in [0.15, 0.2) is 84.0 Å². The highest BCUT2D eigenvalue weighted by Crippen LogP contribution is 2.43. The van der Waals surface area contributed by atoms with E-state index in [9.17, 15) is 39.3 Å². The number of nitrogens with one attached hydrogen (secondary N) is 4. The van der Waals surface area contributed by atoms with Gasteiger partial charge in [-0.25, -0.2) is 5.43 Å². The third-order valence-electron chi connectivity index (χ3n) is 17.1. The standard InChI is InChI=1S/C61H91N5O12/c1-12-44-32-41(8)61(64-55(44)70)40(7)31-39(6)52(77-61)35-50(69)37(4)21-15-13-16-22-38(5)51-27-18-14-17-26-49(68)42(9)54-46(28-29-60(10,75-11)78-54)56(71)63-53(36(2)3)57(72)62-48(34-43-23-19-24-45(67)33-43)58(73)66-30-20-25-47(65-66)59(74)76-51/h13-14,16-19,22-24,26,31,33,36-37,39,41-42,44,46-54,65,67-69H,12,15,20-21,25,27-30,32,34-35H2,1-11H3,(H,62,72)(H,63,71)(H,64,70)/b16-13+,18-14+,26-17+,38-22+/t37-,39+,41-,42-,44-,46+,47?,48-,49-,50-,51-,52-,53-,54?,60-,61-/m0/s1. The predicted octanol–water partition coefficient (Wildman–Crippen LogP) is 7.17. The molecule has 5 heterocycles. The lowest BCUT2D eigenvalue weighted by atomic mass is 9.75. The molecule has 432 valence electrons. The normalized spacial score (nSPS) is 35.8. The SMILES string of the molecule is CC[C@H]1C[C@H](C)[C@@]2(NC1=O)O[C@@H](C[C@H](O)[C@@H](C)CC/C=C/C=C(\C)[C@@H]1C/C=C/C=C/[C@H](O)[C@H](C)C3O[C@](C)(OC)CC[C@H]3C(=O)N[C@@H](C(C)C)C(=O)N[C@@H](Cc3cccc(O)c3)C(=O)N3CCCC(N3)C(=O)O1)[C@H](C)C=C2C. The summed E-state index contributed by atoms with van der Waals surface area (Å²) in [5, 5.41) is 43.8. The number of ether oxygens (including phenoxy) is 4. The Kier molecular flexibility index (Phi) is 22.1. The fourth-order valence-corrected chi connectivity index (χ4v) is 11.6. The van der Waals surface area contributed by atoms with Gasteiger partial charge in [-0.15, -0.1) is 0 Å². The fourth-order valence-electron chi connectivity index (χ4n) is 11.6. The number of esters is 1. The zero-order valence-electron chi connectivity index (χ0n) is 48.0. The Hall–Kier alpha value is -5.17. The summed E-state index contributed by atoms with van der Waals surface area (Å²) in [7, 11) is 1.53. The third-order valence-corrected chi connectivity index (χ3v) is 17.1. The summed E-state index contributed by atoms with van der Waals surface area (Å²) in [4.78, 5) is 70.5. The van der Waals surface area contributed by atoms with Crippen LogP contribution in [-0.4, -0.2) is 124 Å². The Morgan fingerprint density at radius 1 is 1.01 bits per heavy atom. The lowest BCUT2D eigenvalue weighted by Gasteiger charge is -2.51. The van der Waals surface area contributed by atoms with E-state index in [1.165, 1.54) is 24.3 Å². The molecule has 1 aromatic rings. The topological polar surface area (TPSA) is 234 Å². The van der Waals surface area contributed by atoms with Crippen molar-refractivity contribution in [2.24, 2.45) is 41.4 Å². The van der Waals surface area contributed by atoms with E-state index in [0.717, 1.165) is 24.0 Å². The first-order valence-corrected chi connectivity index (χ1v) is 28.6. The summed E-state index contributed by atoms with van der Waals surface area (Å²) < 4.78 is 25.2. The molecular weight excluding hydrogens is 995 g/mol. The Morgan fingerprint density at radius 2 is 1.77 bits per heavy atom. The van der Waals surface area contributed by atoms with Gasteiger partial charge in [0, 0.05) is 63.0 Å². The minimum atomic E-state index is -1.16. The van der Waals surface area contributed by atoms with Crippen LogP contribution in [0, 0.1) is 41.4 Å². The molecule has 7 N–H and O–H groups in total. The van der Waals surface area contributed by atoms with Crippen LogP contribution in [0.3, 0.4) is 0 Å². The highest BCUT2D eigenvalue weighted by atomic mass is 16.7. The average Bonchev–Trinajstić information content (AvgIpc) is 3.41. The maximum Gasteiger partial charge on any atom is 0.325 e. The molecule has 2 unspecified atom stereocenters. The summed E-state index contributed by atoms with van der Waals surface area (Å²) in [6.07, 6.45) is 16.7. The van der Waals surface area contributed by atoms with Crippen LogP contribution < -0.4 is 21.4 Å². The number of hydrazine groups is 1. The van der Waals surface area contributed by atoms with E-state index in [1.54, 1.807) is 58.1 Å². The van der Waals surface area contributed by atoms with E-state index in [1.807, 2.05) is 52.0 Å². The van der Waals surface area contributed by atoms with Crippen LogP contribution in [0.1, 0.15) is 139 Å². The molecule has 0 aliphatic carbocycles. The van der Waals surface area contributed by atoms with E-state index in [2.05, 4.69) is 41.3 Å². The van der Waals surface area contributed by atoms with Crippen molar-refractivity contribution in [2.75, 3.05) is 13.7 Å². The summed E-state index contributed by atoms with van der Waals surface area (Å²) in [6.45, 7) is 19.6. The van der Waals surface area contributed by atoms with Gasteiger partial charge in [0.25, 0.3) is 5.91 Å². The van der Waals surface area contributed by atoms with Crippen LogP contribution >= 0.6 is 0 Å². The number of benzene rings is 1. The van der Waals surface area contributed by atoms with Crippen molar-refractivity contribution in [3.05, 3.63) is 89.6 Å². The number of methoxy groups -OCH3 is 1. The molecule has 5 aliphatic rings.